The van der Waals surface area contributed by atoms with Gasteiger partial charge in [-0.05, 0) is 48.4 Å². The highest BCUT2D eigenvalue weighted by Crippen LogP contribution is 2.26. The molecule has 0 spiro atoms. The van der Waals surface area contributed by atoms with Gasteiger partial charge in [-0.3, -0.25) is 0 Å². The minimum absolute atomic E-state index is 0.288. The van der Waals surface area contributed by atoms with E-state index >= 15 is 0 Å². The molecule has 1 N–H and O–H groups in total. The SMILES string of the molecule is Cc1cc(C#N)ccc1CSc1cccc(O)c1. The van der Waals surface area contributed by atoms with Crippen molar-refractivity contribution < 1.29 is 5.11 Å². The van der Waals surface area contributed by atoms with Crippen LogP contribution in [0.25, 0.3) is 0 Å². The predicted molar refractivity (Wildman–Crippen MR) is 73.6 cm³/mol. The third-order valence-corrected chi connectivity index (χ3v) is 3.73. The highest BCUT2D eigenvalue weighted by atomic mass is 32.2. The molecule has 0 amide bonds. The van der Waals surface area contributed by atoms with Gasteiger partial charge in [0.05, 0.1) is 11.6 Å². The maximum Gasteiger partial charge on any atom is 0.116 e. The van der Waals surface area contributed by atoms with Crippen LogP contribution < -0.4 is 0 Å². The van der Waals surface area contributed by atoms with Crippen molar-refractivity contribution >= 4 is 11.8 Å². The molecule has 2 nitrogen and oxygen atoms in total. The molecule has 0 aliphatic carbocycles. The molecule has 2 aromatic rings. The average molecular weight is 255 g/mol. The van der Waals surface area contributed by atoms with Gasteiger partial charge in [0, 0.05) is 10.6 Å². The van der Waals surface area contributed by atoms with Crippen molar-refractivity contribution in [3.63, 3.8) is 0 Å². The molecule has 0 saturated carbocycles. The topological polar surface area (TPSA) is 44.0 Å². The number of phenolic OH excluding ortho intramolecular Hbond substituents is 1. The van der Waals surface area contributed by atoms with Crippen LogP contribution in [0.1, 0.15) is 16.7 Å². The van der Waals surface area contributed by atoms with Crippen LogP contribution in [0, 0.1) is 18.3 Å². The Kier molecular flexibility index (Phi) is 3.91. The van der Waals surface area contributed by atoms with E-state index in [9.17, 15) is 5.11 Å². The predicted octanol–water partition coefficient (Wildman–Crippen LogP) is 3.86. The molecule has 0 aliphatic rings. The van der Waals surface area contributed by atoms with Crippen LogP contribution in [-0.2, 0) is 5.75 Å². The number of phenols is 1. The first-order valence-corrected chi connectivity index (χ1v) is 6.59. The standard InChI is InChI=1S/C15H13NOS/c1-11-7-12(9-16)5-6-13(11)10-18-15-4-2-3-14(17)8-15/h2-8,17H,10H2,1H3. The molecule has 0 aliphatic heterocycles. The molecule has 0 bridgehead atoms. The van der Waals surface area contributed by atoms with Gasteiger partial charge < -0.3 is 5.11 Å². The van der Waals surface area contributed by atoms with Crippen LogP contribution in [-0.4, -0.2) is 5.11 Å². The van der Waals surface area contributed by atoms with Crippen molar-refractivity contribution in [1.29, 1.82) is 5.26 Å². The van der Waals surface area contributed by atoms with Gasteiger partial charge in [0.25, 0.3) is 0 Å². The first kappa shape index (κ1) is 12.5. The minimum atomic E-state index is 0.288. The van der Waals surface area contributed by atoms with Gasteiger partial charge in [0.1, 0.15) is 5.75 Å². The number of thioether (sulfide) groups is 1. The molecular formula is C15H13NOS. The van der Waals surface area contributed by atoms with E-state index in [1.807, 2.05) is 37.3 Å². The molecule has 18 heavy (non-hydrogen) atoms. The Morgan fingerprint density at radius 2 is 2.06 bits per heavy atom. The number of aryl methyl sites for hydroxylation is 1. The van der Waals surface area contributed by atoms with Gasteiger partial charge in [-0.2, -0.15) is 5.26 Å². The van der Waals surface area contributed by atoms with Crippen molar-refractivity contribution in [3.8, 4) is 11.8 Å². The third kappa shape index (κ3) is 3.06. The molecule has 0 heterocycles. The summed E-state index contributed by atoms with van der Waals surface area (Å²) < 4.78 is 0. The third-order valence-electron chi connectivity index (χ3n) is 2.68. The van der Waals surface area contributed by atoms with Gasteiger partial charge in [-0.15, -0.1) is 11.8 Å². The second kappa shape index (κ2) is 5.61. The monoisotopic (exact) mass is 255 g/mol. The summed E-state index contributed by atoms with van der Waals surface area (Å²) >= 11 is 1.67. The lowest BCUT2D eigenvalue weighted by Gasteiger charge is -2.06. The molecule has 2 aromatic carbocycles. The van der Waals surface area contributed by atoms with E-state index < -0.39 is 0 Å². The normalized spacial score (nSPS) is 10.0. The van der Waals surface area contributed by atoms with Crippen molar-refractivity contribution in [2.45, 2.75) is 17.6 Å². The smallest absolute Gasteiger partial charge is 0.116 e. The summed E-state index contributed by atoms with van der Waals surface area (Å²) in [5.41, 5.74) is 3.03. The van der Waals surface area contributed by atoms with E-state index in [0.717, 1.165) is 16.2 Å². The Hall–Kier alpha value is -1.92. The van der Waals surface area contributed by atoms with E-state index in [-0.39, 0.29) is 5.75 Å². The number of benzene rings is 2. The minimum Gasteiger partial charge on any atom is -0.508 e. The van der Waals surface area contributed by atoms with Crippen LogP contribution in [0.5, 0.6) is 5.75 Å². The van der Waals surface area contributed by atoms with E-state index in [2.05, 4.69) is 6.07 Å². The van der Waals surface area contributed by atoms with Crippen LogP contribution in [0.15, 0.2) is 47.4 Å². The summed E-state index contributed by atoms with van der Waals surface area (Å²) in [5.74, 6) is 1.12. The number of nitriles is 1. The van der Waals surface area contributed by atoms with Crippen LogP contribution in [0.3, 0.4) is 0 Å². The Balaban J connectivity index is 2.09. The molecule has 0 fully saturated rings. The maximum absolute atomic E-state index is 9.38. The van der Waals surface area contributed by atoms with E-state index in [1.165, 1.54) is 5.56 Å². The lowest BCUT2D eigenvalue weighted by atomic mass is 10.1. The summed E-state index contributed by atoms with van der Waals surface area (Å²) in [6.07, 6.45) is 0. The van der Waals surface area contributed by atoms with Gasteiger partial charge >= 0.3 is 0 Å². The van der Waals surface area contributed by atoms with Gasteiger partial charge in [-0.25, -0.2) is 0 Å². The lowest BCUT2D eigenvalue weighted by Crippen LogP contribution is -1.88. The molecule has 2 rings (SSSR count). The van der Waals surface area contributed by atoms with Gasteiger partial charge in [-0.1, -0.05) is 12.1 Å². The van der Waals surface area contributed by atoms with E-state index in [4.69, 9.17) is 5.26 Å². The Morgan fingerprint density at radius 3 is 2.72 bits per heavy atom. The summed E-state index contributed by atoms with van der Waals surface area (Å²) in [7, 11) is 0. The molecule has 90 valence electrons. The number of hydrogen-bond donors (Lipinski definition) is 1. The van der Waals surface area contributed by atoms with Crippen molar-refractivity contribution in [1.82, 2.24) is 0 Å². The van der Waals surface area contributed by atoms with Crippen LogP contribution in [0.2, 0.25) is 0 Å². The summed E-state index contributed by atoms with van der Waals surface area (Å²) in [4.78, 5) is 1.04. The molecule has 0 unspecified atom stereocenters. The zero-order valence-corrected chi connectivity index (χ0v) is 10.9. The zero-order valence-electron chi connectivity index (χ0n) is 10.1. The van der Waals surface area contributed by atoms with Crippen molar-refractivity contribution in [3.05, 3.63) is 59.2 Å². The second-order valence-corrected chi connectivity index (χ2v) is 5.09. The summed E-state index contributed by atoms with van der Waals surface area (Å²) in [6, 6.07) is 15.1. The highest BCUT2D eigenvalue weighted by molar-refractivity contribution is 7.98. The summed E-state index contributed by atoms with van der Waals surface area (Å²) in [5, 5.41) is 18.2. The maximum atomic E-state index is 9.38. The molecule has 0 radical (unpaired) electrons. The molecule has 3 heteroatoms. The Labute approximate surface area is 111 Å². The molecule has 0 aromatic heterocycles. The lowest BCUT2D eigenvalue weighted by molar-refractivity contribution is 0.474. The fraction of sp³-hybridized carbons (Fsp3) is 0.133. The second-order valence-electron chi connectivity index (χ2n) is 4.04. The molecule has 0 atom stereocenters. The van der Waals surface area contributed by atoms with E-state index in [1.54, 1.807) is 23.9 Å². The number of nitrogens with zero attached hydrogens (tertiary/aromatic N) is 1. The quantitative estimate of drug-likeness (QED) is 0.847. The fourth-order valence-corrected chi connectivity index (χ4v) is 2.69. The largest absolute Gasteiger partial charge is 0.508 e. The van der Waals surface area contributed by atoms with Gasteiger partial charge in [0.2, 0.25) is 0 Å². The Bertz CT molecular complexity index is 602. The zero-order chi connectivity index (χ0) is 13.0. The van der Waals surface area contributed by atoms with Crippen molar-refractivity contribution in [2.75, 3.05) is 0 Å². The first-order chi connectivity index (χ1) is 8.69. The number of rotatable bonds is 3. The van der Waals surface area contributed by atoms with Crippen molar-refractivity contribution in [2.24, 2.45) is 0 Å². The van der Waals surface area contributed by atoms with Crippen LogP contribution >= 0.6 is 11.8 Å². The fourth-order valence-electron chi connectivity index (χ4n) is 1.66. The van der Waals surface area contributed by atoms with Crippen LogP contribution in [0.4, 0.5) is 0 Å². The number of hydrogen-bond acceptors (Lipinski definition) is 3. The first-order valence-electron chi connectivity index (χ1n) is 5.60. The van der Waals surface area contributed by atoms with E-state index in [0.29, 0.717) is 5.56 Å². The molecule has 0 saturated heterocycles. The summed E-state index contributed by atoms with van der Waals surface area (Å²) in [6.45, 7) is 2.01. The average Bonchev–Trinajstić information content (AvgIpc) is 2.37. The number of aromatic hydroxyl groups is 1. The molecular weight excluding hydrogens is 242 g/mol. The Morgan fingerprint density at radius 1 is 1.22 bits per heavy atom. The van der Waals surface area contributed by atoms with Gasteiger partial charge in [0.15, 0.2) is 0 Å². The highest BCUT2D eigenvalue weighted by Gasteiger charge is 2.02.